The van der Waals surface area contributed by atoms with Crippen LogP contribution in [0.3, 0.4) is 0 Å². The van der Waals surface area contributed by atoms with E-state index in [0.29, 0.717) is 17.8 Å². The Bertz CT molecular complexity index is 404. The zero-order valence-electron chi connectivity index (χ0n) is 10.0. The Morgan fingerprint density at radius 1 is 1.59 bits per heavy atom. The molecular weight excluding hydrogens is 232 g/mol. The number of benzene rings is 1. The van der Waals surface area contributed by atoms with Crippen molar-refractivity contribution in [3.63, 3.8) is 0 Å². The summed E-state index contributed by atoms with van der Waals surface area (Å²) in [4.78, 5) is 11.8. The summed E-state index contributed by atoms with van der Waals surface area (Å²) in [7, 11) is 0. The number of carbonyl (C=O) groups excluding carboxylic acids is 1. The topological polar surface area (TPSA) is 55.1 Å². The number of nitrogen functional groups attached to an aromatic ring is 1. The van der Waals surface area contributed by atoms with Crippen molar-refractivity contribution in [2.45, 2.75) is 6.92 Å². The molecule has 4 heteroatoms. The summed E-state index contributed by atoms with van der Waals surface area (Å²) in [5, 5.41) is 2.85. The largest absolute Gasteiger partial charge is 0.398 e. The van der Waals surface area contributed by atoms with Gasteiger partial charge < -0.3 is 11.1 Å². The van der Waals surface area contributed by atoms with Crippen LogP contribution in [0.4, 0.5) is 5.69 Å². The van der Waals surface area contributed by atoms with Crippen molar-refractivity contribution in [3.8, 4) is 0 Å². The highest BCUT2D eigenvalue weighted by Crippen LogP contribution is 2.13. The van der Waals surface area contributed by atoms with Gasteiger partial charge in [0.15, 0.2) is 0 Å². The van der Waals surface area contributed by atoms with E-state index in [4.69, 9.17) is 5.73 Å². The van der Waals surface area contributed by atoms with Crippen LogP contribution in [-0.4, -0.2) is 24.0 Å². The third-order valence-electron chi connectivity index (χ3n) is 2.22. The Kier molecular flexibility index (Phi) is 5.63. The molecule has 0 saturated heterocycles. The van der Waals surface area contributed by atoms with Crippen molar-refractivity contribution in [2.75, 3.05) is 23.8 Å². The average molecular weight is 250 g/mol. The Hall–Kier alpha value is -1.42. The van der Waals surface area contributed by atoms with Gasteiger partial charge in [0.2, 0.25) is 0 Å². The van der Waals surface area contributed by atoms with Gasteiger partial charge in [-0.05, 0) is 19.1 Å². The van der Waals surface area contributed by atoms with Crippen molar-refractivity contribution < 1.29 is 4.79 Å². The highest BCUT2D eigenvalue weighted by Gasteiger charge is 2.08. The van der Waals surface area contributed by atoms with Crippen LogP contribution >= 0.6 is 11.8 Å². The minimum atomic E-state index is -0.106. The molecule has 1 aromatic carbocycles. The molecule has 0 aliphatic carbocycles. The van der Waals surface area contributed by atoms with E-state index in [1.807, 2.05) is 25.1 Å². The van der Waals surface area contributed by atoms with Gasteiger partial charge >= 0.3 is 0 Å². The van der Waals surface area contributed by atoms with Gasteiger partial charge in [-0.15, -0.1) is 6.58 Å². The zero-order chi connectivity index (χ0) is 12.7. The van der Waals surface area contributed by atoms with E-state index in [-0.39, 0.29) is 5.91 Å². The van der Waals surface area contributed by atoms with Crippen molar-refractivity contribution in [3.05, 3.63) is 42.0 Å². The first-order valence-electron chi connectivity index (χ1n) is 5.48. The van der Waals surface area contributed by atoms with Crippen molar-refractivity contribution in [1.82, 2.24) is 5.32 Å². The number of anilines is 1. The van der Waals surface area contributed by atoms with E-state index in [9.17, 15) is 4.79 Å². The highest BCUT2D eigenvalue weighted by molar-refractivity contribution is 7.99. The third-order valence-corrected chi connectivity index (χ3v) is 3.19. The molecule has 0 bridgehead atoms. The van der Waals surface area contributed by atoms with E-state index < -0.39 is 0 Å². The molecule has 3 nitrogen and oxygen atoms in total. The van der Waals surface area contributed by atoms with Crippen molar-refractivity contribution in [1.29, 1.82) is 0 Å². The number of hydrogen-bond acceptors (Lipinski definition) is 3. The second-order valence-electron chi connectivity index (χ2n) is 3.71. The third kappa shape index (κ3) is 4.53. The molecule has 0 radical (unpaired) electrons. The van der Waals surface area contributed by atoms with E-state index in [0.717, 1.165) is 17.1 Å². The van der Waals surface area contributed by atoms with Crippen LogP contribution in [0, 0.1) is 6.92 Å². The summed E-state index contributed by atoms with van der Waals surface area (Å²) in [6.07, 6.45) is 1.85. The lowest BCUT2D eigenvalue weighted by molar-refractivity contribution is 0.0957. The van der Waals surface area contributed by atoms with Gasteiger partial charge in [-0.1, -0.05) is 17.7 Å². The summed E-state index contributed by atoms with van der Waals surface area (Å²) >= 11 is 1.73. The van der Waals surface area contributed by atoms with Crippen molar-refractivity contribution in [2.24, 2.45) is 0 Å². The van der Waals surface area contributed by atoms with Crippen LogP contribution in [0.25, 0.3) is 0 Å². The smallest absolute Gasteiger partial charge is 0.253 e. The van der Waals surface area contributed by atoms with Crippen LogP contribution in [0.2, 0.25) is 0 Å². The van der Waals surface area contributed by atoms with Gasteiger partial charge in [-0.2, -0.15) is 11.8 Å². The molecule has 0 aromatic heterocycles. The summed E-state index contributed by atoms with van der Waals surface area (Å²) in [6, 6.07) is 5.46. The van der Waals surface area contributed by atoms with Crippen LogP contribution in [-0.2, 0) is 0 Å². The predicted molar refractivity (Wildman–Crippen MR) is 75.4 cm³/mol. The fourth-order valence-corrected chi connectivity index (χ4v) is 1.95. The molecule has 0 unspecified atom stereocenters. The number of hydrogen-bond donors (Lipinski definition) is 2. The van der Waals surface area contributed by atoms with Crippen LogP contribution in [0.5, 0.6) is 0 Å². The first-order chi connectivity index (χ1) is 8.15. The van der Waals surface area contributed by atoms with Gasteiger partial charge in [0.05, 0.1) is 5.56 Å². The Morgan fingerprint density at radius 3 is 3.06 bits per heavy atom. The lowest BCUT2D eigenvalue weighted by Crippen LogP contribution is -2.26. The molecule has 0 aliphatic heterocycles. The number of amides is 1. The maximum absolute atomic E-state index is 11.8. The Morgan fingerprint density at radius 2 is 2.35 bits per heavy atom. The summed E-state index contributed by atoms with van der Waals surface area (Å²) < 4.78 is 0. The second-order valence-corrected chi connectivity index (χ2v) is 4.86. The van der Waals surface area contributed by atoms with Crippen LogP contribution in [0.1, 0.15) is 15.9 Å². The SMILES string of the molecule is C=CCSCCNC(=O)c1cc(C)ccc1N. The highest BCUT2D eigenvalue weighted by atomic mass is 32.2. The van der Waals surface area contributed by atoms with E-state index >= 15 is 0 Å². The van der Waals surface area contributed by atoms with E-state index in [2.05, 4.69) is 11.9 Å². The van der Waals surface area contributed by atoms with E-state index in [1.54, 1.807) is 17.8 Å². The molecule has 0 spiro atoms. The molecule has 1 rings (SSSR count). The zero-order valence-corrected chi connectivity index (χ0v) is 10.8. The van der Waals surface area contributed by atoms with Gasteiger partial charge in [0.1, 0.15) is 0 Å². The van der Waals surface area contributed by atoms with E-state index in [1.165, 1.54) is 0 Å². The van der Waals surface area contributed by atoms with Gasteiger partial charge in [0, 0.05) is 23.7 Å². The lowest BCUT2D eigenvalue weighted by Gasteiger charge is -2.07. The molecule has 1 aromatic rings. The van der Waals surface area contributed by atoms with Crippen LogP contribution in [0.15, 0.2) is 30.9 Å². The fraction of sp³-hybridized carbons (Fsp3) is 0.308. The molecule has 0 heterocycles. The molecule has 0 aliphatic rings. The quantitative estimate of drug-likeness (QED) is 0.462. The van der Waals surface area contributed by atoms with Gasteiger partial charge in [0.25, 0.3) is 5.91 Å². The Labute approximate surface area is 106 Å². The first-order valence-corrected chi connectivity index (χ1v) is 6.63. The lowest BCUT2D eigenvalue weighted by atomic mass is 10.1. The molecule has 17 heavy (non-hydrogen) atoms. The number of nitrogens with two attached hydrogens (primary N) is 1. The molecular formula is C13H18N2OS. The maximum atomic E-state index is 11.8. The summed E-state index contributed by atoms with van der Waals surface area (Å²) in [5.41, 5.74) is 7.87. The Balaban J connectivity index is 2.46. The monoisotopic (exact) mass is 250 g/mol. The van der Waals surface area contributed by atoms with Gasteiger partial charge in [-0.25, -0.2) is 0 Å². The summed E-state index contributed by atoms with van der Waals surface area (Å²) in [6.45, 7) is 6.22. The van der Waals surface area contributed by atoms with Crippen LogP contribution < -0.4 is 11.1 Å². The molecule has 0 atom stereocenters. The maximum Gasteiger partial charge on any atom is 0.253 e. The van der Waals surface area contributed by atoms with Gasteiger partial charge in [-0.3, -0.25) is 4.79 Å². The molecule has 0 fully saturated rings. The second kappa shape index (κ2) is 7.01. The number of aryl methyl sites for hydroxylation is 1. The number of thioether (sulfide) groups is 1. The van der Waals surface area contributed by atoms with Crippen molar-refractivity contribution >= 4 is 23.4 Å². The summed E-state index contributed by atoms with van der Waals surface area (Å²) in [5.74, 6) is 1.68. The number of rotatable bonds is 6. The number of nitrogens with one attached hydrogen (secondary N) is 1. The molecule has 0 saturated carbocycles. The fourth-order valence-electron chi connectivity index (χ4n) is 1.37. The normalized spacial score (nSPS) is 9.94. The average Bonchev–Trinajstić information content (AvgIpc) is 2.32. The molecule has 3 N–H and O–H groups in total. The standard InChI is InChI=1S/C13H18N2OS/c1-3-7-17-8-6-15-13(16)11-9-10(2)4-5-12(11)14/h3-5,9H,1,6-8,14H2,2H3,(H,15,16). The predicted octanol–water partition coefficient (Wildman–Crippen LogP) is 2.23. The number of carbonyl (C=O) groups is 1. The minimum absolute atomic E-state index is 0.106. The minimum Gasteiger partial charge on any atom is -0.398 e. The molecule has 92 valence electrons. The first kappa shape index (κ1) is 13.6. The molecule has 1 amide bonds.